The van der Waals surface area contributed by atoms with Gasteiger partial charge in [0.15, 0.2) is 0 Å². The number of aryl methyl sites for hydroxylation is 2. The molecule has 1 aromatic carbocycles. The predicted octanol–water partition coefficient (Wildman–Crippen LogP) is 1.94. The number of carbonyl (C=O) groups excluding carboxylic acids is 1. The molecule has 0 fully saturated rings. The fourth-order valence-electron chi connectivity index (χ4n) is 2.29. The van der Waals surface area contributed by atoms with Gasteiger partial charge in [0.05, 0.1) is 12.1 Å². The smallest absolute Gasteiger partial charge is 0.224 e. The molecule has 0 unspecified atom stereocenters. The van der Waals surface area contributed by atoms with Crippen LogP contribution in [0.5, 0.6) is 0 Å². The van der Waals surface area contributed by atoms with Gasteiger partial charge < -0.3 is 5.32 Å². The van der Waals surface area contributed by atoms with E-state index in [1.165, 1.54) is 5.56 Å². The minimum Gasteiger partial charge on any atom is -0.355 e. The van der Waals surface area contributed by atoms with E-state index in [4.69, 9.17) is 0 Å². The SMILES string of the molecule is Cc1nn(C)c(C)c1CC(=O)NCCc1ccccc1. The van der Waals surface area contributed by atoms with Gasteiger partial charge in [-0.3, -0.25) is 9.48 Å². The summed E-state index contributed by atoms with van der Waals surface area (Å²) >= 11 is 0. The number of amides is 1. The number of nitrogens with one attached hydrogen (secondary N) is 1. The van der Waals surface area contributed by atoms with Crippen molar-refractivity contribution < 1.29 is 4.79 Å². The monoisotopic (exact) mass is 271 g/mol. The zero-order chi connectivity index (χ0) is 14.5. The highest BCUT2D eigenvalue weighted by Crippen LogP contribution is 2.12. The molecule has 1 N–H and O–H groups in total. The number of aromatic nitrogens is 2. The molecule has 1 heterocycles. The summed E-state index contributed by atoms with van der Waals surface area (Å²) in [6, 6.07) is 10.2. The Morgan fingerprint density at radius 3 is 2.55 bits per heavy atom. The van der Waals surface area contributed by atoms with Crippen LogP contribution >= 0.6 is 0 Å². The molecule has 0 saturated heterocycles. The second kappa shape index (κ2) is 6.37. The van der Waals surface area contributed by atoms with Gasteiger partial charge in [-0.25, -0.2) is 0 Å². The summed E-state index contributed by atoms with van der Waals surface area (Å²) < 4.78 is 1.82. The molecule has 20 heavy (non-hydrogen) atoms. The van der Waals surface area contributed by atoms with E-state index in [0.29, 0.717) is 13.0 Å². The molecule has 0 spiro atoms. The molecule has 0 aliphatic heterocycles. The Kier molecular flexibility index (Phi) is 4.56. The molecule has 4 nitrogen and oxygen atoms in total. The van der Waals surface area contributed by atoms with Crippen LogP contribution in [0.15, 0.2) is 30.3 Å². The zero-order valence-electron chi connectivity index (χ0n) is 12.3. The summed E-state index contributed by atoms with van der Waals surface area (Å²) in [4.78, 5) is 12.0. The molecule has 0 radical (unpaired) electrons. The summed E-state index contributed by atoms with van der Waals surface area (Å²) in [7, 11) is 1.90. The first-order chi connectivity index (χ1) is 9.58. The minimum absolute atomic E-state index is 0.0557. The van der Waals surface area contributed by atoms with Crippen LogP contribution in [0.3, 0.4) is 0 Å². The first-order valence-corrected chi connectivity index (χ1v) is 6.87. The number of hydrogen-bond acceptors (Lipinski definition) is 2. The third kappa shape index (κ3) is 3.47. The van der Waals surface area contributed by atoms with Crippen molar-refractivity contribution in [3.63, 3.8) is 0 Å². The first-order valence-electron chi connectivity index (χ1n) is 6.87. The summed E-state index contributed by atoms with van der Waals surface area (Å²) in [6.45, 7) is 4.60. The van der Waals surface area contributed by atoms with Gasteiger partial charge in [0, 0.05) is 24.8 Å². The van der Waals surface area contributed by atoms with Crippen molar-refractivity contribution in [3.05, 3.63) is 52.8 Å². The average molecular weight is 271 g/mol. The van der Waals surface area contributed by atoms with Crippen molar-refractivity contribution in [1.29, 1.82) is 0 Å². The highest BCUT2D eigenvalue weighted by Gasteiger charge is 2.12. The third-order valence-corrected chi connectivity index (χ3v) is 3.57. The Bertz CT molecular complexity index is 587. The van der Waals surface area contributed by atoms with Gasteiger partial charge in [-0.2, -0.15) is 5.10 Å². The topological polar surface area (TPSA) is 46.9 Å². The predicted molar refractivity (Wildman–Crippen MR) is 79.5 cm³/mol. The summed E-state index contributed by atoms with van der Waals surface area (Å²) in [5.41, 5.74) is 4.26. The number of rotatable bonds is 5. The number of benzene rings is 1. The van der Waals surface area contributed by atoms with E-state index < -0.39 is 0 Å². The molecular formula is C16H21N3O. The van der Waals surface area contributed by atoms with Crippen LogP contribution < -0.4 is 5.32 Å². The lowest BCUT2D eigenvalue weighted by atomic mass is 10.1. The summed E-state index contributed by atoms with van der Waals surface area (Å²) in [5, 5.41) is 7.30. The molecule has 2 aromatic rings. The van der Waals surface area contributed by atoms with E-state index in [0.717, 1.165) is 23.4 Å². The van der Waals surface area contributed by atoms with Gasteiger partial charge in [0.1, 0.15) is 0 Å². The van der Waals surface area contributed by atoms with Crippen molar-refractivity contribution in [2.24, 2.45) is 7.05 Å². The normalized spacial score (nSPS) is 10.6. The molecule has 0 aliphatic carbocycles. The van der Waals surface area contributed by atoms with Crippen LogP contribution in [0.2, 0.25) is 0 Å². The number of nitrogens with zero attached hydrogens (tertiary/aromatic N) is 2. The summed E-state index contributed by atoms with van der Waals surface area (Å²) in [6.07, 6.45) is 1.26. The maximum Gasteiger partial charge on any atom is 0.224 e. The fraction of sp³-hybridized carbons (Fsp3) is 0.375. The van der Waals surface area contributed by atoms with Crippen molar-refractivity contribution in [2.75, 3.05) is 6.54 Å². The maximum absolute atomic E-state index is 12.0. The van der Waals surface area contributed by atoms with Crippen LogP contribution in [-0.4, -0.2) is 22.2 Å². The van der Waals surface area contributed by atoms with Gasteiger partial charge in [-0.1, -0.05) is 30.3 Å². The Hall–Kier alpha value is -2.10. The largest absolute Gasteiger partial charge is 0.355 e. The Labute approximate surface area is 119 Å². The third-order valence-electron chi connectivity index (χ3n) is 3.57. The lowest BCUT2D eigenvalue weighted by Crippen LogP contribution is -2.27. The Morgan fingerprint density at radius 1 is 1.25 bits per heavy atom. The average Bonchev–Trinajstić information content (AvgIpc) is 2.67. The molecular weight excluding hydrogens is 250 g/mol. The van der Waals surface area contributed by atoms with Gasteiger partial charge in [-0.15, -0.1) is 0 Å². The van der Waals surface area contributed by atoms with E-state index in [9.17, 15) is 4.79 Å². The second-order valence-corrected chi connectivity index (χ2v) is 5.04. The molecule has 0 bridgehead atoms. The van der Waals surface area contributed by atoms with Gasteiger partial charge >= 0.3 is 0 Å². The van der Waals surface area contributed by atoms with Gasteiger partial charge in [-0.05, 0) is 25.8 Å². The fourth-order valence-corrected chi connectivity index (χ4v) is 2.29. The molecule has 0 aliphatic rings. The number of carbonyl (C=O) groups is 1. The van der Waals surface area contributed by atoms with E-state index in [1.807, 2.05) is 43.8 Å². The molecule has 2 rings (SSSR count). The van der Waals surface area contributed by atoms with Crippen molar-refractivity contribution in [1.82, 2.24) is 15.1 Å². The van der Waals surface area contributed by atoms with E-state index in [2.05, 4.69) is 22.5 Å². The van der Waals surface area contributed by atoms with Crippen LogP contribution in [-0.2, 0) is 24.7 Å². The van der Waals surface area contributed by atoms with Crippen LogP contribution in [0.1, 0.15) is 22.5 Å². The molecule has 1 aromatic heterocycles. The molecule has 106 valence electrons. The first kappa shape index (κ1) is 14.3. The number of hydrogen-bond donors (Lipinski definition) is 1. The standard InChI is InChI=1S/C16H21N3O/c1-12-15(13(2)19(3)18-12)11-16(20)17-10-9-14-7-5-4-6-8-14/h4-8H,9-11H2,1-3H3,(H,17,20). The zero-order valence-corrected chi connectivity index (χ0v) is 12.3. The van der Waals surface area contributed by atoms with Crippen molar-refractivity contribution >= 4 is 5.91 Å². The highest BCUT2D eigenvalue weighted by atomic mass is 16.1. The molecule has 4 heteroatoms. The molecule has 0 saturated carbocycles. The second-order valence-electron chi connectivity index (χ2n) is 5.04. The lowest BCUT2D eigenvalue weighted by Gasteiger charge is -2.06. The Balaban J connectivity index is 1.84. The maximum atomic E-state index is 12.0. The van der Waals surface area contributed by atoms with E-state index in [1.54, 1.807) is 0 Å². The van der Waals surface area contributed by atoms with Crippen molar-refractivity contribution in [2.45, 2.75) is 26.7 Å². The van der Waals surface area contributed by atoms with E-state index in [-0.39, 0.29) is 5.91 Å². The van der Waals surface area contributed by atoms with Gasteiger partial charge in [0.25, 0.3) is 0 Å². The molecule has 0 atom stereocenters. The van der Waals surface area contributed by atoms with Crippen LogP contribution in [0.25, 0.3) is 0 Å². The minimum atomic E-state index is 0.0557. The van der Waals surface area contributed by atoms with E-state index >= 15 is 0 Å². The van der Waals surface area contributed by atoms with Crippen LogP contribution in [0.4, 0.5) is 0 Å². The summed E-state index contributed by atoms with van der Waals surface area (Å²) in [5.74, 6) is 0.0557. The van der Waals surface area contributed by atoms with Crippen LogP contribution in [0, 0.1) is 13.8 Å². The lowest BCUT2D eigenvalue weighted by molar-refractivity contribution is -0.120. The van der Waals surface area contributed by atoms with Crippen molar-refractivity contribution in [3.8, 4) is 0 Å². The van der Waals surface area contributed by atoms with Gasteiger partial charge in [0.2, 0.25) is 5.91 Å². The molecule has 1 amide bonds. The highest BCUT2D eigenvalue weighted by molar-refractivity contribution is 5.79. The Morgan fingerprint density at radius 2 is 1.95 bits per heavy atom. The quantitative estimate of drug-likeness (QED) is 0.903.